The Morgan fingerprint density at radius 2 is 1.82 bits per heavy atom. The fourth-order valence-electron chi connectivity index (χ4n) is 3.06. The molecular weight excluding hydrogens is 492 g/mol. The van der Waals surface area contributed by atoms with E-state index >= 15 is 0 Å². The van der Waals surface area contributed by atoms with Crippen molar-refractivity contribution < 1.29 is 45.5 Å². The molecule has 0 radical (unpaired) electrons. The predicted molar refractivity (Wildman–Crippen MR) is 108 cm³/mol. The second-order valence-corrected chi connectivity index (χ2v) is 10.3. The van der Waals surface area contributed by atoms with Crippen LogP contribution < -0.4 is 4.72 Å². The molecule has 0 spiro atoms. The van der Waals surface area contributed by atoms with E-state index in [1.54, 1.807) is 12.1 Å². The van der Waals surface area contributed by atoms with Gasteiger partial charge in [0.15, 0.2) is 0 Å². The number of nitrogens with zero attached hydrogens (tertiary/aromatic N) is 1. The highest BCUT2D eigenvalue weighted by molar-refractivity contribution is 7.91. The Morgan fingerprint density at radius 1 is 1.21 bits per heavy atom. The normalized spacial score (nSPS) is 20.1. The number of nitrogens with one attached hydrogen (secondary N) is 1. The maximum absolute atomic E-state index is 13.1. The van der Waals surface area contributed by atoms with Crippen LogP contribution in [0, 0.1) is 5.82 Å². The zero-order valence-electron chi connectivity index (χ0n) is 16.6. The van der Waals surface area contributed by atoms with Crippen molar-refractivity contribution in [3.63, 3.8) is 0 Å². The van der Waals surface area contributed by atoms with E-state index in [0.29, 0.717) is 6.42 Å². The largest absolute Gasteiger partial charge is 0.503 e. The minimum Gasteiger partial charge on any atom is -0.450 e. The Kier molecular flexibility index (Phi) is 6.55. The molecule has 1 aliphatic rings. The van der Waals surface area contributed by atoms with E-state index in [9.17, 15) is 26.0 Å². The number of carboxylic acid groups (broad SMARTS) is 2. The molecule has 178 valence electrons. The summed E-state index contributed by atoms with van der Waals surface area (Å²) in [5, 5.41) is 17.3. The van der Waals surface area contributed by atoms with Crippen LogP contribution in [0.4, 0.5) is 22.4 Å². The molecule has 8 nitrogen and oxygen atoms in total. The lowest BCUT2D eigenvalue weighted by Gasteiger charge is -2.12. The van der Waals surface area contributed by atoms with Gasteiger partial charge in [0.2, 0.25) is 15.8 Å². The molecular formula is C19H16F4N2O6S2. The second-order valence-electron chi connectivity index (χ2n) is 7.28. The summed E-state index contributed by atoms with van der Waals surface area (Å²) in [6, 6.07) is 8.93. The summed E-state index contributed by atoms with van der Waals surface area (Å²) < 4.78 is 83.2. The molecule has 0 saturated heterocycles. The van der Waals surface area contributed by atoms with Crippen molar-refractivity contribution in [2.24, 2.45) is 0 Å². The summed E-state index contributed by atoms with van der Waals surface area (Å²) in [5.74, 6) is -1.63. The van der Waals surface area contributed by atoms with Gasteiger partial charge >= 0.3 is 12.3 Å². The zero-order chi connectivity index (χ0) is 24.6. The van der Waals surface area contributed by atoms with E-state index < -0.39 is 33.5 Å². The Balaban J connectivity index is 0.000000709. The Bertz CT molecular complexity index is 1250. The number of benzene rings is 1. The number of alkyl halides is 3. The van der Waals surface area contributed by atoms with Crippen molar-refractivity contribution in [3.8, 4) is 10.6 Å². The van der Waals surface area contributed by atoms with Gasteiger partial charge in [-0.3, -0.25) is 0 Å². The number of aromatic nitrogens is 1. The molecule has 3 aromatic rings. The predicted octanol–water partition coefficient (Wildman–Crippen LogP) is 4.79. The lowest BCUT2D eigenvalue weighted by molar-refractivity contribution is -0.155. The van der Waals surface area contributed by atoms with Gasteiger partial charge < -0.3 is 14.7 Å². The molecule has 2 heterocycles. The number of thiophene rings is 1. The lowest BCUT2D eigenvalue weighted by atomic mass is 9.98. The molecule has 3 N–H and O–H groups in total. The Hall–Kier alpha value is -2.97. The van der Waals surface area contributed by atoms with E-state index in [1.165, 1.54) is 24.3 Å². The third-order valence-corrected chi connectivity index (χ3v) is 8.00. The Morgan fingerprint density at radius 3 is 2.36 bits per heavy atom. The van der Waals surface area contributed by atoms with Gasteiger partial charge in [-0.25, -0.2) is 22.3 Å². The lowest BCUT2D eigenvalue weighted by Crippen LogP contribution is -2.29. The van der Waals surface area contributed by atoms with Gasteiger partial charge in [-0.2, -0.15) is 13.2 Å². The van der Waals surface area contributed by atoms with E-state index in [1.807, 2.05) is 6.92 Å². The SMILES string of the molecule is C[C@]1(c2ccc(F)cc2)C[C@@H]1NS(=O)(=O)c1ccc(-c2cc(C(F)(F)F)on2)s1.O=C(O)O. The van der Waals surface area contributed by atoms with Crippen molar-refractivity contribution >= 4 is 27.5 Å². The van der Waals surface area contributed by atoms with Gasteiger partial charge in [0.05, 0.1) is 4.88 Å². The molecule has 1 saturated carbocycles. The summed E-state index contributed by atoms with van der Waals surface area (Å²) >= 11 is 0.795. The third kappa shape index (κ3) is 5.69. The topological polar surface area (TPSA) is 130 Å². The minimum absolute atomic E-state index is 0.0441. The first kappa shape index (κ1) is 24.7. The van der Waals surface area contributed by atoms with Gasteiger partial charge in [-0.05, 0) is 36.2 Å². The third-order valence-electron chi connectivity index (χ3n) is 4.93. The fourth-order valence-corrected chi connectivity index (χ4v) is 5.68. The van der Waals surface area contributed by atoms with Crippen LogP contribution in [0.15, 0.2) is 51.2 Å². The maximum atomic E-state index is 13.1. The number of rotatable bonds is 5. The van der Waals surface area contributed by atoms with Crippen LogP contribution in [-0.2, 0) is 21.6 Å². The molecule has 2 atom stereocenters. The number of carbonyl (C=O) groups is 1. The molecule has 0 aliphatic heterocycles. The van der Waals surface area contributed by atoms with Crippen molar-refractivity contribution in [3.05, 3.63) is 59.6 Å². The second kappa shape index (κ2) is 8.76. The number of halogens is 4. The van der Waals surface area contributed by atoms with Crippen LogP contribution in [0.1, 0.15) is 24.7 Å². The molecule has 4 rings (SSSR count). The first-order chi connectivity index (χ1) is 15.2. The summed E-state index contributed by atoms with van der Waals surface area (Å²) in [5.41, 5.74) is 0.279. The molecule has 1 aliphatic carbocycles. The van der Waals surface area contributed by atoms with Crippen molar-refractivity contribution in [1.82, 2.24) is 9.88 Å². The van der Waals surface area contributed by atoms with Gasteiger partial charge in [-0.1, -0.05) is 24.2 Å². The highest BCUT2D eigenvalue weighted by atomic mass is 32.2. The molecule has 33 heavy (non-hydrogen) atoms. The standard InChI is InChI=1S/C18H14F4N2O3S2.CH2O3/c1-17(10-2-4-11(19)5-3-10)9-14(17)24-29(25,26)16-7-6-13(28-16)12-8-15(27-23-12)18(20,21)22;2-1(3)4/h2-8,14,24H,9H2,1H3;(H2,2,3,4)/t14-,17+;/m0./s1. The van der Waals surface area contributed by atoms with Gasteiger partial charge in [0.25, 0.3) is 0 Å². The van der Waals surface area contributed by atoms with Crippen LogP contribution >= 0.6 is 11.3 Å². The average molecular weight is 508 g/mol. The van der Waals surface area contributed by atoms with E-state index in [2.05, 4.69) is 14.4 Å². The maximum Gasteiger partial charge on any atom is 0.503 e. The summed E-state index contributed by atoms with van der Waals surface area (Å²) in [6.07, 6.45) is -5.95. The number of hydrogen-bond donors (Lipinski definition) is 3. The van der Waals surface area contributed by atoms with Crippen molar-refractivity contribution in [1.29, 1.82) is 0 Å². The molecule has 1 aromatic carbocycles. The quantitative estimate of drug-likeness (QED) is 0.423. The molecule has 14 heteroatoms. The highest BCUT2D eigenvalue weighted by Crippen LogP contribution is 2.48. The number of hydrogen-bond acceptors (Lipinski definition) is 6. The first-order valence-corrected chi connectivity index (χ1v) is 11.4. The van der Waals surface area contributed by atoms with Crippen molar-refractivity contribution in [2.75, 3.05) is 0 Å². The van der Waals surface area contributed by atoms with Gasteiger partial charge in [-0.15, -0.1) is 11.3 Å². The van der Waals surface area contributed by atoms with Crippen LogP contribution in [-0.4, -0.2) is 36.0 Å². The van der Waals surface area contributed by atoms with E-state index in [4.69, 9.17) is 15.0 Å². The molecule has 0 unspecified atom stereocenters. The molecule has 2 aromatic heterocycles. The van der Waals surface area contributed by atoms with Gasteiger partial charge in [0, 0.05) is 17.5 Å². The van der Waals surface area contributed by atoms with E-state index in [0.717, 1.165) is 23.0 Å². The minimum atomic E-state index is -4.67. The zero-order valence-corrected chi connectivity index (χ0v) is 18.3. The van der Waals surface area contributed by atoms with E-state index in [-0.39, 0.29) is 26.6 Å². The monoisotopic (exact) mass is 508 g/mol. The molecule has 1 fully saturated rings. The van der Waals surface area contributed by atoms with Crippen LogP contribution in [0.5, 0.6) is 0 Å². The average Bonchev–Trinajstić information content (AvgIpc) is 3.13. The first-order valence-electron chi connectivity index (χ1n) is 9.07. The summed E-state index contributed by atoms with van der Waals surface area (Å²) in [4.78, 5) is 8.79. The van der Waals surface area contributed by atoms with Gasteiger partial charge in [0.1, 0.15) is 15.7 Å². The van der Waals surface area contributed by atoms with Crippen LogP contribution in [0.2, 0.25) is 0 Å². The van der Waals surface area contributed by atoms with Crippen LogP contribution in [0.3, 0.4) is 0 Å². The number of sulfonamides is 1. The van der Waals surface area contributed by atoms with Crippen LogP contribution in [0.25, 0.3) is 10.6 Å². The molecule has 0 amide bonds. The van der Waals surface area contributed by atoms with Crippen molar-refractivity contribution in [2.45, 2.75) is 35.2 Å². The highest BCUT2D eigenvalue weighted by Gasteiger charge is 2.53. The smallest absolute Gasteiger partial charge is 0.450 e. The summed E-state index contributed by atoms with van der Waals surface area (Å²) in [6.45, 7) is 1.88. The Labute approximate surface area is 188 Å². The summed E-state index contributed by atoms with van der Waals surface area (Å²) in [7, 11) is -3.88. The fraction of sp³-hybridized carbons (Fsp3) is 0.263. The molecule has 0 bridgehead atoms.